The zero-order valence-electron chi connectivity index (χ0n) is 28.7. The molecule has 0 N–H and O–H groups in total. The lowest BCUT2D eigenvalue weighted by Gasteiger charge is -2.27. The number of nitrogens with zero attached hydrogens (tertiary/aromatic N) is 6. The van der Waals surface area contributed by atoms with Crippen LogP contribution in [0.25, 0.3) is 67.1 Å². The van der Waals surface area contributed by atoms with Crippen molar-refractivity contribution in [1.29, 1.82) is 0 Å². The predicted octanol–water partition coefficient (Wildman–Crippen LogP) is 11.7. The number of rotatable bonds is 7. The second-order valence-electron chi connectivity index (χ2n) is 13.0. The van der Waals surface area contributed by atoms with Crippen molar-refractivity contribution in [1.82, 2.24) is 24.1 Å². The molecule has 0 radical (unpaired) electrons. The van der Waals surface area contributed by atoms with Crippen LogP contribution in [0.15, 0.2) is 194 Å². The number of hydrogen-bond donors (Lipinski definition) is 0. The second kappa shape index (κ2) is 12.8. The summed E-state index contributed by atoms with van der Waals surface area (Å²) < 4.78 is 4.41. The fourth-order valence-electron chi connectivity index (χ4n) is 7.32. The molecule has 250 valence electrons. The van der Waals surface area contributed by atoms with E-state index in [0.717, 1.165) is 73.4 Å². The fourth-order valence-corrected chi connectivity index (χ4v) is 7.32. The SMILES string of the molecule is c1ccc(N(c2cc(-c3nc4ccccc4n3-c3ccccc3)cc(-c3nc4cccnc4n3-c3ccccc3)c2)c2ccc3ccccc3c2)cc1. The quantitative estimate of drug-likeness (QED) is 0.168. The summed E-state index contributed by atoms with van der Waals surface area (Å²) in [4.78, 5) is 17.7. The summed E-state index contributed by atoms with van der Waals surface area (Å²) in [5.74, 6) is 1.63. The largest absolute Gasteiger partial charge is 0.310 e. The van der Waals surface area contributed by atoms with Gasteiger partial charge in [0.2, 0.25) is 0 Å². The Morgan fingerprint density at radius 3 is 1.74 bits per heavy atom. The Morgan fingerprint density at radius 1 is 0.396 bits per heavy atom. The van der Waals surface area contributed by atoms with E-state index in [0.29, 0.717) is 0 Å². The van der Waals surface area contributed by atoms with Crippen LogP contribution >= 0.6 is 0 Å². The summed E-state index contributed by atoms with van der Waals surface area (Å²) in [7, 11) is 0. The van der Waals surface area contributed by atoms with Gasteiger partial charge in [-0.05, 0) is 102 Å². The van der Waals surface area contributed by atoms with Gasteiger partial charge >= 0.3 is 0 Å². The van der Waals surface area contributed by atoms with Crippen LogP contribution < -0.4 is 4.90 Å². The van der Waals surface area contributed by atoms with Gasteiger partial charge in [-0.1, -0.05) is 97.1 Å². The summed E-state index contributed by atoms with van der Waals surface area (Å²) in [5, 5.41) is 2.37. The number of aromatic nitrogens is 5. The number of anilines is 3. The second-order valence-corrected chi connectivity index (χ2v) is 13.0. The number of imidazole rings is 2. The Kier molecular flexibility index (Phi) is 7.36. The molecule has 3 heterocycles. The molecule has 0 fully saturated rings. The number of pyridine rings is 1. The Balaban J connectivity index is 1.29. The molecule has 0 saturated heterocycles. The zero-order chi connectivity index (χ0) is 35.1. The van der Waals surface area contributed by atoms with E-state index in [9.17, 15) is 0 Å². The number of hydrogen-bond acceptors (Lipinski definition) is 4. The standard InChI is InChI=1S/C47H32N6/c1-4-17-37(18-5-1)51(40-27-26-33-15-10-11-16-34(33)30-40)41-31-35(45-49-42-23-12-13-25-44(42)52(45)38-19-6-2-7-20-38)29-36(32-41)46-50-43-24-14-28-48-47(43)53(46)39-21-8-3-9-22-39/h1-32H. The van der Waals surface area contributed by atoms with Crippen molar-refractivity contribution in [3.05, 3.63) is 194 Å². The van der Waals surface area contributed by atoms with E-state index in [4.69, 9.17) is 15.0 Å². The highest BCUT2D eigenvalue weighted by atomic mass is 15.2. The third-order valence-corrected chi connectivity index (χ3v) is 9.70. The lowest BCUT2D eigenvalue weighted by Crippen LogP contribution is -2.11. The molecule has 0 bridgehead atoms. The highest BCUT2D eigenvalue weighted by Gasteiger charge is 2.23. The lowest BCUT2D eigenvalue weighted by atomic mass is 10.0. The first kappa shape index (κ1) is 30.5. The van der Waals surface area contributed by atoms with E-state index in [1.54, 1.807) is 0 Å². The highest BCUT2D eigenvalue weighted by Crippen LogP contribution is 2.42. The van der Waals surface area contributed by atoms with Crippen LogP contribution in [-0.4, -0.2) is 24.1 Å². The van der Waals surface area contributed by atoms with Gasteiger partial charge in [0.1, 0.15) is 17.2 Å². The normalized spacial score (nSPS) is 11.4. The molecule has 10 rings (SSSR count). The molecule has 6 nitrogen and oxygen atoms in total. The van der Waals surface area contributed by atoms with Gasteiger partial charge in [0.05, 0.1) is 11.0 Å². The smallest absolute Gasteiger partial charge is 0.164 e. The maximum Gasteiger partial charge on any atom is 0.164 e. The van der Waals surface area contributed by atoms with Crippen molar-refractivity contribution in [2.24, 2.45) is 0 Å². The average Bonchev–Trinajstić information content (AvgIpc) is 3.82. The minimum Gasteiger partial charge on any atom is -0.310 e. The summed E-state index contributed by atoms with van der Waals surface area (Å²) >= 11 is 0. The van der Waals surface area contributed by atoms with Gasteiger partial charge in [-0.25, -0.2) is 15.0 Å². The minimum atomic E-state index is 0.793. The fraction of sp³-hybridized carbons (Fsp3) is 0. The number of para-hydroxylation sites is 5. The first-order valence-electron chi connectivity index (χ1n) is 17.7. The van der Waals surface area contributed by atoms with E-state index < -0.39 is 0 Å². The summed E-state index contributed by atoms with van der Waals surface area (Å²) in [5.41, 5.74) is 10.6. The molecule has 53 heavy (non-hydrogen) atoms. The molecule has 0 unspecified atom stereocenters. The van der Waals surface area contributed by atoms with E-state index in [-0.39, 0.29) is 0 Å². The molecule has 0 aliphatic heterocycles. The van der Waals surface area contributed by atoms with Gasteiger partial charge in [-0.15, -0.1) is 0 Å². The molecule has 10 aromatic rings. The molecule has 0 saturated carbocycles. The molecule has 0 atom stereocenters. The maximum atomic E-state index is 5.31. The van der Waals surface area contributed by atoms with Gasteiger partial charge in [0.25, 0.3) is 0 Å². The molecule has 7 aromatic carbocycles. The maximum absolute atomic E-state index is 5.31. The molecule has 0 amide bonds. The van der Waals surface area contributed by atoms with Crippen LogP contribution in [0.2, 0.25) is 0 Å². The molecular formula is C47H32N6. The van der Waals surface area contributed by atoms with E-state index in [2.05, 4.69) is 172 Å². The monoisotopic (exact) mass is 680 g/mol. The van der Waals surface area contributed by atoms with Gasteiger partial charge in [-0.3, -0.25) is 9.13 Å². The summed E-state index contributed by atoms with van der Waals surface area (Å²) in [6.07, 6.45) is 1.83. The Morgan fingerprint density at radius 2 is 0.981 bits per heavy atom. The topological polar surface area (TPSA) is 51.8 Å². The number of fused-ring (bicyclic) bond motifs is 3. The van der Waals surface area contributed by atoms with Crippen molar-refractivity contribution in [3.8, 4) is 34.2 Å². The van der Waals surface area contributed by atoms with E-state index in [1.807, 2.05) is 36.5 Å². The lowest BCUT2D eigenvalue weighted by molar-refractivity contribution is 1.07. The predicted molar refractivity (Wildman–Crippen MR) is 217 cm³/mol. The average molecular weight is 681 g/mol. The first-order chi connectivity index (χ1) is 26.3. The minimum absolute atomic E-state index is 0.793. The van der Waals surface area contributed by atoms with Gasteiger partial charge < -0.3 is 4.90 Å². The Hall–Kier alpha value is -7.31. The van der Waals surface area contributed by atoms with Gasteiger partial charge in [-0.2, -0.15) is 0 Å². The van der Waals surface area contributed by atoms with Gasteiger partial charge in [0.15, 0.2) is 5.65 Å². The molecule has 3 aromatic heterocycles. The van der Waals surface area contributed by atoms with Crippen molar-refractivity contribution in [3.63, 3.8) is 0 Å². The van der Waals surface area contributed by atoms with Crippen molar-refractivity contribution < 1.29 is 0 Å². The molecular weight excluding hydrogens is 649 g/mol. The molecule has 6 heteroatoms. The number of benzene rings is 7. The molecule has 0 aliphatic rings. The van der Waals surface area contributed by atoms with Crippen LogP contribution in [-0.2, 0) is 0 Å². The first-order valence-corrected chi connectivity index (χ1v) is 17.7. The third kappa shape index (κ3) is 5.41. The van der Waals surface area contributed by atoms with Crippen LogP contribution in [0.3, 0.4) is 0 Å². The highest BCUT2D eigenvalue weighted by molar-refractivity contribution is 5.92. The van der Waals surface area contributed by atoms with Crippen LogP contribution in [0.1, 0.15) is 0 Å². The zero-order valence-corrected chi connectivity index (χ0v) is 28.7. The van der Waals surface area contributed by atoms with Crippen LogP contribution in [0, 0.1) is 0 Å². The molecule has 0 spiro atoms. The molecule has 0 aliphatic carbocycles. The Labute approximate surface area is 306 Å². The van der Waals surface area contributed by atoms with Crippen molar-refractivity contribution in [2.75, 3.05) is 4.90 Å². The Bertz CT molecular complexity index is 2760. The van der Waals surface area contributed by atoms with Gasteiger partial charge in [0, 0.05) is 45.8 Å². The van der Waals surface area contributed by atoms with E-state index in [1.165, 1.54) is 10.8 Å². The van der Waals surface area contributed by atoms with E-state index >= 15 is 0 Å². The summed E-state index contributed by atoms with van der Waals surface area (Å²) in [6.45, 7) is 0. The van der Waals surface area contributed by atoms with Crippen LogP contribution in [0.5, 0.6) is 0 Å². The van der Waals surface area contributed by atoms with Crippen molar-refractivity contribution in [2.45, 2.75) is 0 Å². The van der Waals surface area contributed by atoms with Crippen LogP contribution in [0.4, 0.5) is 17.1 Å². The third-order valence-electron chi connectivity index (χ3n) is 9.70. The van der Waals surface area contributed by atoms with Crippen molar-refractivity contribution >= 4 is 50.0 Å². The summed E-state index contributed by atoms with van der Waals surface area (Å²) in [6, 6.07) is 65.5.